The Morgan fingerprint density at radius 1 is 1.40 bits per heavy atom. The number of aliphatic hydroxyl groups excluding tert-OH is 1. The quantitative estimate of drug-likeness (QED) is 0.862. The summed E-state index contributed by atoms with van der Waals surface area (Å²) in [5.74, 6) is 0.427. The predicted molar refractivity (Wildman–Crippen MR) is 77.7 cm³/mol. The number of nitrogens with zero attached hydrogens (tertiary/aromatic N) is 2. The standard InChI is InChI=1S/C15H17N3O2/c16-14(20)11-3-4-13-10(8-11)5-6-17-15(13)18-7-1-2-12(19)9-18/h3-6,8,12,19H,1-2,7,9H2,(H2,16,20). The highest BCUT2D eigenvalue weighted by Crippen LogP contribution is 2.27. The molecule has 5 heteroatoms. The van der Waals surface area contributed by atoms with Gasteiger partial charge in [-0.2, -0.15) is 0 Å². The van der Waals surface area contributed by atoms with Gasteiger partial charge < -0.3 is 15.7 Å². The van der Waals surface area contributed by atoms with Crippen molar-refractivity contribution in [3.05, 3.63) is 36.0 Å². The summed E-state index contributed by atoms with van der Waals surface area (Å²) in [7, 11) is 0. The van der Waals surface area contributed by atoms with Crippen molar-refractivity contribution < 1.29 is 9.90 Å². The van der Waals surface area contributed by atoms with Crippen molar-refractivity contribution >= 4 is 22.5 Å². The van der Waals surface area contributed by atoms with E-state index < -0.39 is 5.91 Å². The van der Waals surface area contributed by atoms with E-state index in [1.807, 2.05) is 12.1 Å². The lowest BCUT2D eigenvalue weighted by atomic mass is 10.0. The first kappa shape index (κ1) is 12.9. The second kappa shape index (κ2) is 5.09. The molecule has 1 aliphatic heterocycles. The molecule has 0 saturated carbocycles. The number of aromatic nitrogens is 1. The number of pyridine rings is 1. The number of amides is 1. The van der Waals surface area contributed by atoms with Gasteiger partial charge in [0.1, 0.15) is 5.82 Å². The van der Waals surface area contributed by atoms with Gasteiger partial charge in [-0.3, -0.25) is 4.79 Å². The van der Waals surface area contributed by atoms with E-state index in [1.165, 1.54) is 0 Å². The molecule has 3 N–H and O–H groups in total. The van der Waals surface area contributed by atoms with Gasteiger partial charge >= 0.3 is 0 Å². The average Bonchev–Trinajstić information content (AvgIpc) is 2.46. The minimum Gasteiger partial charge on any atom is -0.391 e. The predicted octanol–water partition coefficient (Wildman–Crippen LogP) is 1.29. The van der Waals surface area contributed by atoms with E-state index in [1.54, 1.807) is 18.3 Å². The van der Waals surface area contributed by atoms with Gasteiger partial charge in [0.15, 0.2) is 0 Å². The number of piperidine rings is 1. The van der Waals surface area contributed by atoms with E-state index in [2.05, 4.69) is 9.88 Å². The maximum absolute atomic E-state index is 11.2. The van der Waals surface area contributed by atoms with Crippen LogP contribution in [0.15, 0.2) is 30.5 Å². The van der Waals surface area contributed by atoms with Crippen molar-refractivity contribution in [3.63, 3.8) is 0 Å². The fraction of sp³-hybridized carbons (Fsp3) is 0.333. The Balaban J connectivity index is 2.05. The molecule has 0 radical (unpaired) electrons. The largest absolute Gasteiger partial charge is 0.391 e. The number of carbonyl (C=O) groups excluding carboxylic acids is 1. The van der Waals surface area contributed by atoms with Crippen molar-refractivity contribution in [1.82, 2.24) is 4.98 Å². The molecule has 2 aromatic rings. The number of β-amino-alcohol motifs (C(OH)–C–C–N with tert-alkyl or cyclic N) is 1. The number of anilines is 1. The average molecular weight is 271 g/mol. The summed E-state index contributed by atoms with van der Waals surface area (Å²) in [6.07, 6.45) is 3.22. The molecule has 0 bridgehead atoms. The fourth-order valence-corrected chi connectivity index (χ4v) is 2.71. The first-order valence-corrected chi connectivity index (χ1v) is 6.77. The first-order valence-electron chi connectivity index (χ1n) is 6.77. The number of aliphatic hydroxyl groups is 1. The van der Waals surface area contributed by atoms with Crippen LogP contribution in [-0.2, 0) is 0 Å². The van der Waals surface area contributed by atoms with E-state index in [4.69, 9.17) is 5.73 Å². The molecule has 104 valence electrons. The third-order valence-corrected chi connectivity index (χ3v) is 3.72. The highest BCUT2D eigenvalue weighted by Gasteiger charge is 2.20. The first-order chi connectivity index (χ1) is 9.65. The zero-order valence-corrected chi connectivity index (χ0v) is 11.1. The molecule has 2 heterocycles. The smallest absolute Gasteiger partial charge is 0.248 e. The summed E-state index contributed by atoms with van der Waals surface area (Å²) in [5, 5.41) is 11.7. The van der Waals surface area contributed by atoms with Gasteiger partial charge in [-0.25, -0.2) is 4.98 Å². The molecule has 1 aliphatic rings. The number of rotatable bonds is 2. The zero-order chi connectivity index (χ0) is 14.1. The number of primary amides is 1. The zero-order valence-electron chi connectivity index (χ0n) is 11.1. The maximum Gasteiger partial charge on any atom is 0.248 e. The lowest BCUT2D eigenvalue weighted by molar-refractivity contribution is 0.100. The number of hydrogen-bond donors (Lipinski definition) is 2. The molecule has 20 heavy (non-hydrogen) atoms. The maximum atomic E-state index is 11.2. The van der Waals surface area contributed by atoms with Gasteiger partial charge in [0.2, 0.25) is 5.91 Å². The van der Waals surface area contributed by atoms with Crippen LogP contribution in [-0.4, -0.2) is 35.2 Å². The van der Waals surface area contributed by atoms with Crippen LogP contribution >= 0.6 is 0 Å². The van der Waals surface area contributed by atoms with E-state index >= 15 is 0 Å². The summed E-state index contributed by atoms with van der Waals surface area (Å²) in [6.45, 7) is 1.49. The minimum absolute atomic E-state index is 0.300. The van der Waals surface area contributed by atoms with Gasteiger partial charge in [0.05, 0.1) is 6.10 Å². The molecule has 3 rings (SSSR count). The van der Waals surface area contributed by atoms with E-state index in [9.17, 15) is 9.90 Å². The topological polar surface area (TPSA) is 79.5 Å². The van der Waals surface area contributed by atoms with E-state index in [-0.39, 0.29) is 6.10 Å². The summed E-state index contributed by atoms with van der Waals surface area (Å²) in [6, 6.07) is 7.24. The molecule has 1 fully saturated rings. The normalized spacial score (nSPS) is 19.2. The van der Waals surface area contributed by atoms with Crippen LogP contribution in [0.4, 0.5) is 5.82 Å². The number of carbonyl (C=O) groups is 1. The van der Waals surface area contributed by atoms with E-state index in [0.29, 0.717) is 12.1 Å². The van der Waals surface area contributed by atoms with Crippen molar-refractivity contribution in [2.24, 2.45) is 5.73 Å². The van der Waals surface area contributed by atoms with Gasteiger partial charge in [0.25, 0.3) is 0 Å². The van der Waals surface area contributed by atoms with Crippen LogP contribution in [0.3, 0.4) is 0 Å². The van der Waals surface area contributed by atoms with Crippen LogP contribution in [0.1, 0.15) is 23.2 Å². The van der Waals surface area contributed by atoms with Crippen LogP contribution in [0.2, 0.25) is 0 Å². The summed E-state index contributed by atoms with van der Waals surface area (Å²) < 4.78 is 0. The number of benzene rings is 1. The Bertz CT molecular complexity index is 657. The summed E-state index contributed by atoms with van der Waals surface area (Å²) >= 11 is 0. The minimum atomic E-state index is -0.432. The Labute approximate surface area is 117 Å². The van der Waals surface area contributed by atoms with Crippen LogP contribution in [0.5, 0.6) is 0 Å². The molecule has 1 atom stereocenters. The number of nitrogens with two attached hydrogens (primary N) is 1. The Morgan fingerprint density at radius 2 is 2.25 bits per heavy atom. The summed E-state index contributed by atoms with van der Waals surface area (Å²) in [4.78, 5) is 17.8. The van der Waals surface area contributed by atoms with Crippen molar-refractivity contribution in [2.75, 3.05) is 18.0 Å². The molecular weight excluding hydrogens is 254 g/mol. The Kier molecular flexibility index (Phi) is 3.28. The number of hydrogen-bond acceptors (Lipinski definition) is 4. The molecule has 1 amide bonds. The fourth-order valence-electron chi connectivity index (χ4n) is 2.71. The summed E-state index contributed by atoms with van der Waals surface area (Å²) in [5.41, 5.74) is 5.80. The highest BCUT2D eigenvalue weighted by atomic mass is 16.3. The van der Waals surface area contributed by atoms with Gasteiger partial charge in [-0.15, -0.1) is 0 Å². The molecule has 0 aliphatic carbocycles. The van der Waals surface area contributed by atoms with Gasteiger partial charge in [-0.05, 0) is 42.5 Å². The van der Waals surface area contributed by atoms with Crippen molar-refractivity contribution in [1.29, 1.82) is 0 Å². The molecule has 0 spiro atoms. The third-order valence-electron chi connectivity index (χ3n) is 3.72. The lowest BCUT2D eigenvalue weighted by Gasteiger charge is -2.31. The molecular formula is C15H17N3O2. The SMILES string of the molecule is NC(=O)c1ccc2c(N3CCCC(O)C3)nccc2c1. The number of fused-ring (bicyclic) bond motifs is 1. The van der Waals surface area contributed by atoms with Crippen molar-refractivity contribution in [2.45, 2.75) is 18.9 Å². The molecule has 5 nitrogen and oxygen atoms in total. The van der Waals surface area contributed by atoms with Gasteiger partial charge in [0, 0.05) is 30.2 Å². The highest BCUT2D eigenvalue weighted by molar-refractivity contribution is 6.00. The molecule has 1 aromatic heterocycles. The molecule has 1 unspecified atom stereocenters. The second-order valence-electron chi connectivity index (χ2n) is 5.18. The van der Waals surface area contributed by atoms with Crippen LogP contribution in [0, 0.1) is 0 Å². The van der Waals surface area contributed by atoms with Gasteiger partial charge in [-0.1, -0.05) is 0 Å². The third kappa shape index (κ3) is 2.32. The van der Waals surface area contributed by atoms with E-state index in [0.717, 1.165) is 36.0 Å². The molecule has 1 aromatic carbocycles. The van der Waals surface area contributed by atoms with Crippen molar-refractivity contribution in [3.8, 4) is 0 Å². The second-order valence-corrected chi connectivity index (χ2v) is 5.18. The molecule has 1 saturated heterocycles. The Morgan fingerprint density at radius 3 is 3.00 bits per heavy atom. The van der Waals surface area contributed by atoms with Crippen LogP contribution in [0.25, 0.3) is 10.8 Å². The van der Waals surface area contributed by atoms with Crippen LogP contribution < -0.4 is 10.6 Å². The monoisotopic (exact) mass is 271 g/mol. The lowest BCUT2D eigenvalue weighted by Crippen LogP contribution is -2.38. The Hall–Kier alpha value is -2.14.